The molecule has 0 aliphatic carbocycles. The molecule has 0 bridgehead atoms. The molecule has 0 N–H and O–H groups in total. The van der Waals surface area contributed by atoms with Crippen LogP contribution in [-0.2, 0) is 0 Å². The quantitative estimate of drug-likeness (QED) is 0.150. The second-order valence-corrected chi connectivity index (χ2v) is 11.7. The van der Waals surface area contributed by atoms with Crippen LogP contribution >= 0.6 is 0 Å². The molecule has 0 aromatic heterocycles. The van der Waals surface area contributed by atoms with Gasteiger partial charge in [-0.15, -0.1) is 0 Å². The van der Waals surface area contributed by atoms with Crippen molar-refractivity contribution in [1.82, 2.24) is 0 Å². The minimum Gasteiger partial charge on any atom is -0.0622 e. The lowest BCUT2D eigenvalue weighted by Gasteiger charge is -2.19. The Morgan fingerprint density at radius 1 is 0.227 bits per heavy atom. The van der Waals surface area contributed by atoms with Crippen LogP contribution in [0, 0.1) is 0 Å². The average Bonchev–Trinajstić information content (AvgIpc) is 3.10. The van der Waals surface area contributed by atoms with Gasteiger partial charge in [-0.05, 0) is 99.4 Å². The van der Waals surface area contributed by atoms with Crippen LogP contribution in [0.2, 0.25) is 0 Å². The molecule has 0 fully saturated rings. The Bertz CT molecular complexity index is 2480. The summed E-state index contributed by atoms with van der Waals surface area (Å²) in [5.41, 5.74) is 7.58. The lowest BCUT2D eigenvalue weighted by atomic mass is 9.84. The molecule has 0 saturated carbocycles. The Morgan fingerprint density at radius 2 is 0.773 bits per heavy atom. The van der Waals surface area contributed by atoms with Crippen molar-refractivity contribution in [3.63, 3.8) is 0 Å². The monoisotopic (exact) mass is 556 g/mol. The van der Waals surface area contributed by atoms with E-state index in [1.54, 1.807) is 0 Å². The smallest absolute Gasteiger partial charge is 0.00201 e. The van der Waals surface area contributed by atoms with E-state index in [-0.39, 0.29) is 0 Å². The molecule has 0 radical (unpaired) electrons. The molecule has 0 atom stereocenters. The minimum absolute atomic E-state index is 1.24. The van der Waals surface area contributed by atoms with E-state index in [0.717, 1.165) is 0 Å². The molecule has 9 aromatic rings. The van der Waals surface area contributed by atoms with Gasteiger partial charge in [-0.2, -0.15) is 0 Å². The Morgan fingerprint density at radius 3 is 1.50 bits per heavy atom. The predicted molar refractivity (Wildman–Crippen MR) is 190 cm³/mol. The van der Waals surface area contributed by atoms with Crippen LogP contribution in [0.15, 0.2) is 170 Å². The number of benzene rings is 9. The van der Waals surface area contributed by atoms with Crippen molar-refractivity contribution < 1.29 is 0 Å². The van der Waals surface area contributed by atoms with E-state index in [1.165, 1.54) is 87.2 Å². The average molecular weight is 557 g/mol. The molecular weight excluding hydrogens is 528 g/mol. The molecule has 0 saturated heterocycles. The molecule has 44 heavy (non-hydrogen) atoms. The van der Waals surface area contributed by atoms with Gasteiger partial charge in [0, 0.05) is 0 Å². The van der Waals surface area contributed by atoms with Gasteiger partial charge in [-0.3, -0.25) is 0 Å². The Hall–Kier alpha value is -5.72. The molecule has 0 spiro atoms. The van der Waals surface area contributed by atoms with Crippen molar-refractivity contribution in [2.45, 2.75) is 0 Å². The lowest BCUT2D eigenvalue weighted by molar-refractivity contribution is 1.64. The second kappa shape index (κ2) is 9.93. The van der Waals surface area contributed by atoms with Crippen molar-refractivity contribution in [3.8, 4) is 33.4 Å². The van der Waals surface area contributed by atoms with Crippen LogP contribution in [0.25, 0.3) is 87.2 Å². The van der Waals surface area contributed by atoms with Crippen LogP contribution in [0.4, 0.5) is 0 Å². The van der Waals surface area contributed by atoms with Crippen molar-refractivity contribution in [1.29, 1.82) is 0 Å². The van der Waals surface area contributed by atoms with Crippen LogP contribution in [0.1, 0.15) is 0 Å². The minimum atomic E-state index is 1.24. The summed E-state index contributed by atoms with van der Waals surface area (Å²) in [5, 5.41) is 12.8. The molecule has 0 unspecified atom stereocenters. The second-order valence-electron chi connectivity index (χ2n) is 11.7. The topological polar surface area (TPSA) is 0 Å². The molecule has 0 heterocycles. The Balaban J connectivity index is 1.34. The van der Waals surface area contributed by atoms with Gasteiger partial charge in [0.2, 0.25) is 0 Å². The van der Waals surface area contributed by atoms with Gasteiger partial charge in [-0.1, -0.05) is 158 Å². The van der Waals surface area contributed by atoms with Gasteiger partial charge in [0.25, 0.3) is 0 Å². The molecule has 0 heteroatoms. The summed E-state index contributed by atoms with van der Waals surface area (Å²) >= 11 is 0. The highest BCUT2D eigenvalue weighted by atomic mass is 14.2. The summed E-state index contributed by atoms with van der Waals surface area (Å²) in [6, 6.07) is 62.3. The third-order valence-electron chi connectivity index (χ3n) is 9.22. The van der Waals surface area contributed by atoms with Crippen molar-refractivity contribution >= 4 is 53.9 Å². The summed E-state index contributed by atoms with van der Waals surface area (Å²) in [7, 11) is 0. The third-order valence-corrected chi connectivity index (χ3v) is 9.22. The van der Waals surface area contributed by atoms with Crippen LogP contribution < -0.4 is 0 Å². The van der Waals surface area contributed by atoms with Gasteiger partial charge < -0.3 is 0 Å². The normalized spacial score (nSPS) is 11.6. The molecule has 9 rings (SSSR count). The highest BCUT2D eigenvalue weighted by molar-refractivity contribution is 6.25. The van der Waals surface area contributed by atoms with Gasteiger partial charge in [0.15, 0.2) is 0 Å². The first kappa shape index (κ1) is 24.8. The summed E-state index contributed by atoms with van der Waals surface area (Å²) in [6.45, 7) is 0. The molecule has 9 aromatic carbocycles. The van der Waals surface area contributed by atoms with Gasteiger partial charge in [-0.25, -0.2) is 0 Å². The highest BCUT2D eigenvalue weighted by Gasteiger charge is 2.18. The number of hydrogen-bond acceptors (Lipinski definition) is 0. The lowest BCUT2D eigenvalue weighted by Crippen LogP contribution is -1.92. The van der Waals surface area contributed by atoms with Crippen LogP contribution in [-0.4, -0.2) is 0 Å². The molecule has 204 valence electrons. The first-order valence-corrected chi connectivity index (χ1v) is 15.3. The zero-order valence-corrected chi connectivity index (χ0v) is 24.2. The van der Waals surface area contributed by atoms with Crippen molar-refractivity contribution in [2.75, 3.05) is 0 Å². The molecule has 0 aliphatic heterocycles. The summed E-state index contributed by atoms with van der Waals surface area (Å²) in [5.74, 6) is 0. The van der Waals surface area contributed by atoms with Gasteiger partial charge in [0.1, 0.15) is 0 Å². The zero-order chi connectivity index (χ0) is 29.0. The predicted octanol–water partition coefficient (Wildman–Crippen LogP) is 12.5. The van der Waals surface area contributed by atoms with Crippen molar-refractivity contribution in [2.24, 2.45) is 0 Å². The first-order valence-electron chi connectivity index (χ1n) is 15.3. The van der Waals surface area contributed by atoms with Crippen molar-refractivity contribution in [3.05, 3.63) is 170 Å². The van der Waals surface area contributed by atoms with E-state index in [4.69, 9.17) is 0 Å². The fourth-order valence-corrected chi connectivity index (χ4v) is 7.20. The van der Waals surface area contributed by atoms with Gasteiger partial charge >= 0.3 is 0 Å². The Labute approximate surface area is 256 Å². The first-order chi connectivity index (χ1) is 21.8. The largest absolute Gasteiger partial charge is 0.0622 e. The molecule has 0 amide bonds. The van der Waals surface area contributed by atoms with Crippen LogP contribution in [0.3, 0.4) is 0 Å². The highest BCUT2D eigenvalue weighted by Crippen LogP contribution is 2.46. The fourth-order valence-electron chi connectivity index (χ4n) is 7.20. The van der Waals surface area contributed by atoms with E-state index in [9.17, 15) is 0 Å². The maximum absolute atomic E-state index is 2.37. The van der Waals surface area contributed by atoms with E-state index in [0.29, 0.717) is 0 Å². The number of rotatable bonds is 3. The zero-order valence-electron chi connectivity index (χ0n) is 24.2. The van der Waals surface area contributed by atoms with Crippen LogP contribution in [0.5, 0.6) is 0 Å². The maximum atomic E-state index is 2.37. The summed E-state index contributed by atoms with van der Waals surface area (Å²) in [4.78, 5) is 0. The molecule has 0 nitrogen and oxygen atoms in total. The summed E-state index contributed by atoms with van der Waals surface area (Å²) < 4.78 is 0. The molecular formula is C44H28. The van der Waals surface area contributed by atoms with E-state index >= 15 is 0 Å². The third kappa shape index (κ3) is 3.85. The van der Waals surface area contributed by atoms with Gasteiger partial charge in [0.05, 0.1) is 0 Å². The number of fused-ring (bicyclic) bond motifs is 6. The SMILES string of the molecule is c1ccc(-c2ccc3ccc(-c4c5ccccc5c(-c5cccc6c5ccc5ccccc56)c5ccccc45)cc3c2)cc1. The van der Waals surface area contributed by atoms with E-state index in [1.807, 2.05) is 0 Å². The van der Waals surface area contributed by atoms with E-state index < -0.39 is 0 Å². The fraction of sp³-hybridized carbons (Fsp3) is 0. The molecule has 0 aliphatic rings. The number of hydrogen-bond donors (Lipinski definition) is 0. The standard InChI is InChI=1S/C44H28/c1-2-11-29(12-3-1)32-23-21-30-22-24-33(28-34(30)27-32)43-39-15-6-8-17-41(39)44(42-18-9-7-16-40(42)43)38-20-10-19-36-35-14-5-4-13-31(35)25-26-37(36)38/h1-28H. The summed E-state index contributed by atoms with van der Waals surface area (Å²) in [6.07, 6.45) is 0. The maximum Gasteiger partial charge on any atom is -0.00201 e. The van der Waals surface area contributed by atoms with E-state index in [2.05, 4.69) is 170 Å². The Kier molecular flexibility index (Phi) is 5.61.